The normalized spacial score (nSPS) is 18.0. The molecule has 1 saturated heterocycles. The highest BCUT2D eigenvalue weighted by Gasteiger charge is 2.21. The van der Waals surface area contributed by atoms with Crippen LogP contribution >= 0.6 is 11.3 Å². The van der Waals surface area contributed by atoms with Crippen molar-refractivity contribution in [1.82, 2.24) is 14.8 Å². The van der Waals surface area contributed by atoms with E-state index in [-0.39, 0.29) is 5.91 Å². The van der Waals surface area contributed by atoms with Crippen molar-refractivity contribution in [1.29, 1.82) is 0 Å². The highest BCUT2D eigenvalue weighted by molar-refractivity contribution is 7.09. The average molecular weight is 310 g/mol. The summed E-state index contributed by atoms with van der Waals surface area (Å²) in [6, 6.07) is 0. The number of nitrogens with two attached hydrogens (primary N) is 1. The molecule has 1 aliphatic heterocycles. The van der Waals surface area contributed by atoms with Crippen molar-refractivity contribution in [3.05, 3.63) is 16.1 Å². The summed E-state index contributed by atoms with van der Waals surface area (Å²) in [5, 5.41) is 3.24. The van der Waals surface area contributed by atoms with E-state index in [1.165, 1.54) is 0 Å². The average Bonchev–Trinajstić information content (AvgIpc) is 2.90. The Labute approximate surface area is 131 Å². The number of amides is 1. The van der Waals surface area contributed by atoms with Crippen molar-refractivity contribution in [3.63, 3.8) is 0 Å². The fourth-order valence-corrected chi connectivity index (χ4v) is 3.11. The lowest BCUT2D eigenvalue weighted by Gasteiger charge is -2.34. The van der Waals surface area contributed by atoms with Gasteiger partial charge < -0.3 is 10.6 Å². The summed E-state index contributed by atoms with van der Waals surface area (Å²) in [6.07, 6.45) is 1.53. The Balaban J connectivity index is 1.71. The Morgan fingerprint density at radius 1 is 1.43 bits per heavy atom. The molecule has 0 aliphatic carbocycles. The third-order valence-corrected chi connectivity index (χ3v) is 4.85. The molecule has 0 radical (unpaired) electrons. The van der Waals surface area contributed by atoms with Gasteiger partial charge in [0.25, 0.3) is 0 Å². The van der Waals surface area contributed by atoms with E-state index in [4.69, 9.17) is 5.73 Å². The molecule has 2 N–H and O–H groups in total. The number of hydrogen-bond acceptors (Lipinski definition) is 5. The van der Waals surface area contributed by atoms with E-state index in [1.807, 2.05) is 11.8 Å². The zero-order chi connectivity index (χ0) is 15.2. The van der Waals surface area contributed by atoms with Crippen LogP contribution in [0.5, 0.6) is 0 Å². The maximum atomic E-state index is 12.1. The van der Waals surface area contributed by atoms with Crippen molar-refractivity contribution >= 4 is 17.2 Å². The zero-order valence-corrected chi connectivity index (χ0v) is 13.9. The predicted molar refractivity (Wildman–Crippen MR) is 86.2 cm³/mol. The fourth-order valence-electron chi connectivity index (χ4n) is 2.51. The molecule has 1 amide bonds. The highest BCUT2D eigenvalue weighted by Crippen LogP contribution is 2.13. The fraction of sp³-hybridized carbons (Fsp3) is 0.733. The van der Waals surface area contributed by atoms with E-state index in [1.54, 1.807) is 11.3 Å². The third-order valence-electron chi connectivity index (χ3n) is 4.03. The summed E-state index contributed by atoms with van der Waals surface area (Å²) < 4.78 is 0. The van der Waals surface area contributed by atoms with Crippen molar-refractivity contribution < 1.29 is 4.79 Å². The molecule has 1 atom stereocenters. The maximum absolute atomic E-state index is 12.1. The second kappa shape index (κ2) is 7.87. The molecule has 1 aromatic heterocycles. The van der Waals surface area contributed by atoms with Gasteiger partial charge in [-0.05, 0) is 25.8 Å². The van der Waals surface area contributed by atoms with Crippen LogP contribution in [0.2, 0.25) is 0 Å². The first-order valence-electron chi connectivity index (χ1n) is 7.69. The molecule has 6 heteroatoms. The van der Waals surface area contributed by atoms with Crippen LogP contribution in [0.15, 0.2) is 5.38 Å². The van der Waals surface area contributed by atoms with Crippen LogP contribution < -0.4 is 5.73 Å². The van der Waals surface area contributed by atoms with Crippen molar-refractivity contribution in [2.24, 2.45) is 11.7 Å². The lowest BCUT2D eigenvalue weighted by Crippen LogP contribution is -2.48. The SMILES string of the molecule is Cc1nc(CN2CCN(C(=O)CCC(C)CN)CC2)cs1. The molecule has 118 valence electrons. The Hall–Kier alpha value is -0.980. The third kappa shape index (κ3) is 5.05. The Bertz CT molecular complexity index is 454. The lowest BCUT2D eigenvalue weighted by molar-refractivity contribution is -0.133. The lowest BCUT2D eigenvalue weighted by atomic mass is 10.1. The summed E-state index contributed by atoms with van der Waals surface area (Å²) in [5.74, 6) is 0.711. The van der Waals surface area contributed by atoms with E-state index < -0.39 is 0 Å². The van der Waals surface area contributed by atoms with Gasteiger partial charge in [-0.1, -0.05) is 6.92 Å². The van der Waals surface area contributed by atoms with Crippen molar-refractivity contribution in [2.75, 3.05) is 32.7 Å². The highest BCUT2D eigenvalue weighted by atomic mass is 32.1. The summed E-state index contributed by atoms with van der Waals surface area (Å²) >= 11 is 1.70. The molecular weight excluding hydrogens is 284 g/mol. The molecule has 0 bridgehead atoms. The van der Waals surface area contributed by atoms with E-state index in [9.17, 15) is 4.79 Å². The first-order chi connectivity index (χ1) is 10.1. The van der Waals surface area contributed by atoms with Crippen LogP contribution in [-0.4, -0.2) is 53.4 Å². The standard InChI is InChI=1S/C15H26N4OS/c1-12(9-16)3-4-15(20)19-7-5-18(6-8-19)10-14-11-21-13(2)17-14/h11-12H,3-10,16H2,1-2H3. The number of nitrogens with zero attached hydrogens (tertiary/aromatic N) is 3. The van der Waals surface area contributed by atoms with E-state index >= 15 is 0 Å². The van der Waals surface area contributed by atoms with Crippen LogP contribution in [0.1, 0.15) is 30.5 Å². The molecule has 1 unspecified atom stereocenters. The van der Waals surface area contributed by atoms with Gasteiger partial charge in [-0.25, -0.2) is 4.98 Å². The Morgan fingerprint density at radius 3 is 2.71 bits per heavy atom. The molecule has 0 spiro atoms. The van der Waals surface area contributed by atoms with Gasteiger partial charge in [0, 0.05) is 44.5 Å². The van der Waals surface area contributed by atoms with Crippen LogP contribution in [0.3, 0.4) is 0 Å². The number of thiazole rings is 1. The molecule has 1 fully saturated rings. The molecule has 2 rings (SSSR count). The number of carbonyl (C=O) groups is 1. The largest absolute Gasteiger partial charge is 0.340 e. The van der Waals surface area contributed by atoms with Crippen LogP contribution in [0.4, 0.5) is 0 Å². The minimum absolute atomic E-state index is 0.277. The molecule has 1 aliphatic rings. The molecule has 0 aromatic carbocycles. The number of hydrogen-bond donors (Lipinski definition) is 1. The van der Waals surface area contributed by atoms with E-state index in [0.29, 0.717) is 18.9 Å². The van der Waals surface area contributed by atoms with Crippen LogP contribution in [-0.2, 0) is 11.3 Å². The van der Waals surface area contributed by atoms with Gasteiger partial charge >= 0.3 is 0 Å². The summed E-state index contributed by atoms with van der Waals surface area (Å²) in [7, 11) is 0. The summed E-state index contributed by atoms with van der Waals surface area (Å²) in [6.45, 7) is 9.24. The van der Waals surface area contributed by atoms with Crippen molar-refractivity contribution in [3.8, 4) is 0 Å². The first kappa shape index (κ1) is 16.4. The first-order valence-corrected chi connectivity index (χ1v) is 8.57. The predicted octanol–water partition coefficient (Wildman–Crippen LogP) is 1.47. The minimum atomic E-state index is 0.277. The topological polar surface area (TPSA) is 62.5 Å². The summed E-state index contributed by atoms with van der Waals surface area (Å²) in [4.78, 5) is 21.0. The van der Waals surface area contributed by atoms with Gasteiger partial charge in [0.2, 0.25) is 5.91 Å². The van der Waals surface area contributed by atoms with Gasteiger partial charge in [-0.2, -0.15) is 0 Å². The monoisotopic (exact) mass is 310 g/mol. The Kier molecular flexibility index (Phi) is 6.14. The smallest absolute Gasteiger partial charge is 0.222 e. The number of carbonyl (C=O) groups excluding carboxylic acids is 1. The number of rotatable bonds is 6. The van der Waals surface area contributed by atoms with Crippen molar-refractivity contribution in [2.45, 2.75) is 33.2 Å². The van der Waals surface area contributed by atoms with Crippen LogP contribution in [0, 0.1) is 12.8 Å². The number of aryl methyl sites for hydroxylation is 1. The van der Waals surface area contributed by atoms with Gasteiger partial charge in [-0.3, -0.25) is 9.69 Å². The van der Waals surface area contributed by atoms with Gasteiger partial charge in [0.1, 0.15) is 0 Å². The molecular formula is C15H26N4OS. The molecule has 1 aromatic rings. The van der Waals surface area contributed by atoms with E-state index in [0.717, 1.165) is 49.8 Å². The van der Waals surface area contributed by atoms with Gasteiger partial charge in [-0.15, -0.1) is 11.3 Å². The maximum Gasteiger partial charge on any atom is 0.222 e. The molecule has 2 heterocycles. The zero-order valence-electron chi connectivity index (χ0n) is 13.0. The van der Waals surface area contributed by atoms with E-state index in [2.05, 4.69) is 22.2 Å². The van der Waals surface area contributed by atoms with Gasteiger partial charge in [0.15, 0.2) is 0 Å². The Morgan fingerprint density at radius 2 is 2.14 bits per heavy atom. The van der Waals surface area contributed by atoms with Gasteiger partial charge in [0.05, 0.1) is 10.7 Å². The number of piperazine rings is 1. The quantitative estimate of drug-likeness (QED) is 0.864. The molecule has 0 saturated carbocycles. The summed E-state index contributed by atoms with van der Waals surface area (Å²) in [5.41, 5.74) is 6.74. The second-order valence-corrected chi connectivity index (χ2v) is 6.96. The molecule has 5 nitrogen and oxygen atoms in total. The molecule has 21 heavy (non-hydrogen) atoms. The van der Waals surface area contributed by atoms with Crippen LogP contribution in [0.25, 0.3) is 0 Å². The second-order valence-electron chi connectivity index (χ2n) is 5.89. The minimum Gasteiger partial charge on any atom is -0.340 e. The number of aromatic nitrogens is 1.